The Balaban J connectivity index is 0.00000300. The summed E-state index contributed by atoms with van der Waals surface area (Å²) in [4.78, 5) is 19.4. The highest BCUT2D eigenvalue weighted by atomic mass is 127. The topological polar surface area (TPSA) is 56.7 Å². The predicted molar refractivity (Wildman–Crippen MR) is 131 cm³/mol. The maximum Gasteiger partial charge on any atom is 0.225 e. The molecule has 29 heavy (non-hydrogen) atoms. The Bertz CT molecular complexity index is 661. The van der Waals surface area contributed by atoms with Gasteiger partial charge in [-0.3, -0.25) is 9.79 Å². The standard InChI is InChI=1S/C22H33ClN4O.HI/c1-2-24-22(25-14-5-6-17-9-11-19(23)12-10-17)26-20-13-15-27(16-20)21(28)18-7-3-4-8-18;/h9-12,18,20H,2-8,13-16H2,1H3,(H2,24,25,26);1H. The van der Waals surface area contributed by atoms with E-state index in [1.807, 2.05) is 12.1 Å². The van der Waals surface area contributed by atoms with Crippen molar-refractivity contribution in [3.8, 4) is 0 Å². The van der Waals surface area contributed by atoms with Crippen LogP contribution < -0.4 is 10.6 Å². The van der Waals surface area contributed by atoms with Crippen molar-refractivity contribution in [2.45, 2.75) is 57.9 Å². The van der Waals surface area contributed by atoms with Gasteiger partial charge in [0.25, 0.3) is 0 Å². The van der Waals surface area contributed by atoms with Crippen molar-refractivity contribution in [3.05, 3.63) is 34.9 Å². The van der Waals surface area contributed by atoms with Crippen LogP contribution in [0, 0.1) is 5.92 Å². The first kappa shape index (κ1) is 24.3. The number of benzene rings is 1. The van der Waals surface area contributed by atoms with Crippen LogP contribution in [0.15, 0.2) is 29.3 Å². The summed E-state index contributed by atoms with van der Waals surface area (Å²) < 4.78 is 0. The van der Waals surface area contributed by atoms with Crippen molar-refractivity contribution in [2.24, 2.45) is 10.9 Å². The number of nitrogens with one attached hydrogen (secondary N) is 2. The fourth-order valence-electron chi connectivity index (χ4n) is 4.15. The minimum absolute atomic E-state index is 0. The molecule has 0 spiro atoms. The zero-order valence-electron chi connectivity index (χ0n) is 17.3. The van der Waals surface area contributed by atoms with E-state index in [2.05, 4.69) is 34.6 Å². The number of aryl methyl sites for hydroxylation is 1. The third kappa shape index (κ3) is 7.63. The molecule has 2 aliphatic rings. The lowest BCUT2D eigenvalue weighted by molar-refractivity contribution is -0.134. The van der Waals surface area contributed by atoms with E-state index in [0.717, 1.165) is 69.3 Å². The first-order valence-corrected chi connectivity index (χ1v) is 11.1. The molecule has 162 valence electrons. The van der Waals surface area contributed by atoms with Crippen molar-refractivity contribution in [1.82, 2.24) is 15.5 Å². The molecule has 1 unspecified atom stereocenters. The molecule has 0 aromatic heterocycles. The number of rotatable bonds is 7. The van der Waals surface area contributed by atoms with Gasteiger partial charge in [-0.2, -0.15) is 0 Å². The lowest BCUT2D eigenvalue weighted by Crippen LogP contribution is -2.45. The highest BCUT2D eigenvalue weighted by Gasteiger charge is 2.32. The van der Waals surface area contributed by atoms with E-state index in [0.29, 0.717) is 11.9 Å². The van der Waals surface area contributed by atoms with Gasteiger partial charge in [0.15, 0.2) is 5.96 Å². The van der Waals surface area contributed by atoms with Crippen LogP contribution >= 0.6 is 35.6 Å². The molecule has 1 aromatic carbocycles. The Morgan fingerprint density at radius 2 is 1.93 bits per heavy atom. The van der Waals surface area contributed by atoms with E-state index in [9.17, 15) is 4.79 Å². The summed E-state index contributed by atoms with van der Waals surface area (Å²) in [6.45, 7) is 5.35. The fourth-order valence-corrected chi connectivity index (χ4v) is 4.27. The summed E-state index contributed by atoms with van der Waals surface area (Å²) in [7, 11) is 0. The number of carbonyl (C=O) groups is 1. The highest BCUT2D eigenvalue weighted by molar-refractivity contribution is 14.0. The molecule has 1 saturated heterocycles. The van der Waals surface area contributed by atoms with Gasteiger partial charge in [0.2, 0.25) is 5.91 Å². The average molecular weight is 533 g/mol. The van der Waals surface area contributed by atoms with Crippen molar-refractivity contribution >= 4 is 47.4 Å². The second-order valence-corrected chi connectivity index (χ2v) is 8.32. The smallest absolute Gasteiger partial charge is 0.225 e. The number of nitrogens with zero attached hydrogens (tertiary/aromatic N) is 2. The number of hydrogen-bond acceptors (Lipinski definition) is 2. The fraction of sp³-hybridized carbons (Fsp3) is 0.636. The quantitative estimate of drug-likeness (QED) is 0.239. The Morgan fingerprint density at radius 1 is 1.21 bits per heavy atom. The number of carbonyl (C=O) groups excluding carboxylic acids is 1. The van der Waals surface area contributed by atoms with E-state index in [4.69, 9.17) is 16.6 Å². The van der Waals surface area contributed by atoms with E-state index in [-0.39, 0.29) is 29.9 Å². The van der Waals surface area contributed by atoms with Gasteiger partial charge in [-0.1, -0.05) is 36.6 Å². The SMILES string of the molecule is CCNC(=NCCCc1ccc(Cl)cc1)NC1CCN(C(=O)C2CCCC2)C1.I. The molecule has 0 bridgehead atoms. The Labute approximate surface area is 197 Å². The summed E-state index contributed by atoms with van der Waals surface area (Å²) in [6.07, 6.45) is 7.55. The molecular weight excluding hydrogens is 499 g/mol. The van der Waals surface area contributed by atoms with E-state index in [1.54, 1.807) is 0 Å². The van der Waals surface area contributed by atoms with Gasteiger partial charge >= 0.3 is 0 Å². The van der Waals surface area contributed by atoms with Crippen LogP contribution in [0.4, 0.5) is 0 Å². The molecule has 1 amide bonds. The molecule has 1 aromatic rings. The second-order valence-electron chi connectivity index (χ2n) is 7.89. The maximum atomic E-state index is 12.6. The van der Waals surface area contributed by atoms with Crippen LogP contribution in [0.5, 0.6) is 0 Å². The summed E-state index contributed by atoms with van der Waals surface area (Å²) in [5.41, 5.74) is 1.29. The van der Waals surface area contributed by atoms with Crippen LogP contribution in [0.3, 0.4) is 0 Å². The van der Waals surface area contributed by atoms with Crippen molar-refractivity contribution in [1.29, 1.82) is 0 Å². The van der Waals surface area contributed by atoms with Crippen LogP contribution in [0.2, 0.25) is 5.02 Å². The predicted octanol–water partition coefficient (Wildman–Crippen LogP) is 4.24. The summed E-state index contributed by atoms with van der Waals surface area (Å²) in [5, 5.41) is 7.63. The van der Waals surface area contributed by atoms with Gasteiger partial charge < -0.3 is 15.5 Å². The third-order valence-corrected chi connectivity index (χ3v) is 5.95. The van der Waals surface area contributed by atoms with Crippen LogP contribution in [0.25, 0.3) is 0 Å². The largest absolute Gasteiger partial charge is 0.357 e. The first-order chi connectivity index (χ1) is 13.7. The normalized spacial score (nSPS) is 19.9. The minimum atomic E-state index is 0. The van der Waals surface area contributed by atoms with Gasteiger partial charge in [0.05, 0.1) is 0 Å². The van der Waals surface area contributed by atoms with Gasteiger partial charge in [0.1, 0.15) is 0 Å². The van der Waals surface area contributed by atoms with Gasteiger partial charge in [0, 0.05) is 43.2 Å². The molecule has 2 fully saturated rings. The number of aliphatic imine (C=N–C) groups is 1. The number of likely N-dealkylation sites (tertiary alicyclic amines) is 1. The zero-order valence-corrected chi connectivity index (χ0v) is 20.4. The van der Waals surface area contributed by atoms with Crippen LogP contribution in [-0.4, -0.2) is 49.0 Å². The first-order valence-electron chi connectivity index (χ1n) is 10.7. The molecule has 5 nitrogen and oxygen atoms in total. The van der Waals surface area contributed by atoms with Gasteiger partial charge in [-0.25, -0.2) is 0 Å². The summed E-state index contributed by atoms with van der Waals surface area (Å²) in [6, 6.07) is 8.31. The summed E-state index contributed by atoms with van der Waals surface area (Å²) >= 11 is 5.93. The number of guanidine groups is 1. The van der Waals surface area contributed by atoms with Gasteiger partial charge in [-0.05, 0) is 56.7 Å². The van der Waals surface area contributed by atoms with E-state index < -0.39 is 0 Å². The third-order valence-electron chi connectivity index (χ3n) is 5.70. The highest BCUT2D eigenvalue weighted by Crippen LogP contribution is 2.27. The monoisotopic (exact) mass is 532 g/mol. The summed E-state index contributed by atoms with van der Waals surface area (Å²) in [5.74, 6) is 1.50. The second kappa shape index (κ2) is 12.6. The number of halogens is 2. The number of hydrogen-bond donors (Lipinski definition) is 2. The molecular formula is C22H34ClIN4O. The van der Waals surface area contributed by atoms with E-state index in [1.165, 1.54) is 18.4 Å². The van der Waals surface area contributed by atoms with Crippen molar-refractivity contribution in [3.63, 3.8) is 0 Å². The van der Waals surface area contributed by atoms with Crippen LogP contribution in [-0.2, 0) is 11.2 Å². The maximum absolute atomic E-state index is 12.6. The van der Waals surface area contributed by atoms with Crippen molar-refractivity contribution in [2.75, 3.05) is 26.2 Å². The van der Waals surface area contributed by atoms with Gasteiger partial charge in [-0.15, -0.1) is 24.0 Å². The molecule has 7 heteroatoms. The zero-order chi connectivity index (χ0) is 19.8. The molecule has 3 rings (SSSR count). The Hall–Kier alpha value is -1.02. The lowest BCUT2D eigenvalue weighted by Gasteiger charge is -2.21. The average Bonchev–Trinajstić information content (AvgIpc) is 3.38. The molecule has 1 atom stereocenters. The lowest BCUT2D eigenvalue weighted by atomic mass is 10.1. The Kier molecular flexibility index (Phi) is 10.6. The number of amides is 1. The van der Waals surface area contributed by atoms with Crippen LogP contribution in [0.1, 0.15) is 51.0 Å². The minimum Gasteiger partial charge on any atom is -0.357 e. The molecule has 1 heterocycles. The molecule has 2 N–H and O–H groups in total. The molecule has 1 saturated carbocycles. The molecule has 1 aliphatic heterocycles. The van der Waals surface area contributed by atoms with E-state index >= 15 is 0 Å². The molecule has 0 radical (unpaired) electrons. The molecule has 1 aliphatic carbocycles. The Morgan fingerprint density at radius 3 is 2.62 bits per heavy atom. The van der Waals surface area contributed by atoms with Crippen molar-refractivity contribution < 1.29 is 4.79 Å².